The summed E-state index contributed by atoms with van der Waals surface area (Å²) < 4.78 is 5.99. The summed E-state index contributed by atoms with van der Waals surface area (Å²) in [5.74, 6) is 1.50. The third-order valence-corrected chi connectivity index (χ3v) is 5.88. The molecule has 19 heavy (non-hydrogen) atoms. The first-order valence-electron chi connectivity index (χ1n) is 7.29. The summed E-state index contributed by atoms with van der Waals surface area (Å²) in [6.07, 6.45) is 4.22. The van der Waals surface area contributed by atoms with E-state index in [0.29, 0.717) is 12.8 Å². The van der Waals surface area contributed by atoms with E-state index in [1.54, 1.807) is 0 Å². The zero-order valence-electron chi connectivity index (χ0n) is 11.9. The molecule has 0 aliphatic carbocycles. The average molecular weight is 287 g/mol. The highest BCUT2D eigenvalue weighted by Gasteiger charge is 2.44. The fourth-order valence-corrected chi connectivity index (χ4v) is 4.60. The number of hydrogen-bond donors (Lipinski definition) is 2. The number of nitrogens with one attached hydrogen (secondary N) is 1. The molecule has 110 valence electrons. The van der Waals surface area contributed by atoms with Gasteiger partial charge in [-0.2, -0.15) is 11.8 Å². The van der Waals surface area contributed by atoms with E-state index in [9.17, 15) is 9.90 Å². The molecular formula is C14H25NO3S. The standard InChI is InChI=1S/C14H25NO3S/c1-3-14(4-2,12(16)17)15-11-5-7-18-13(9-11)6-8-19-10-13/h11,15H,3-10H2,1-2H3,(H,16,17). The van der Waals surface area contributed by atoms with Crippen LogP contribution < -0.4 is 5.32 Å². The maximum Gasteiger partial charge on any atom is 0.323 e. The van der Waals surface area contributed by atoms with Crippen LogP contribution in [0.25, 0.3) is 0 Å². The van der Waals surface area contributed by atoms with Crippen molar-refractivity contribution in [3.8, 4) is 0 Å². The lowest BCUT2D eigenvalue weighted by molar-refractivity contribution is -0.147. The lowest BCUT2D eigenvalue weighted by Gasteiger charge is -2.41. The van der Waals surface area contributed by atoms with E-state index in [1.807, 2.05) is 25.6 Å². The summed E-state index contributed by atoms with van der Waals surface area (Å²) in [5, 5.41) is 12.9. The predicted molar refractivity (Wildman–Crippen MR) is 77.7 cm³/mol. The minimum absolute atomic E-state index is 0.00626. The Hall–Kier alpha value is -0.260. The highest BCUT2D eigenvalue weighted by Crippen LogP contribution is 2.38. The zero-order valence-corrected chi connectivity index (χ0v) is 12.7. The fraction of sp³-hybridized carbons (Fsp3) is 0.929. The third kappa shape index (κ3) is 3.09. The number of carbonyl (C=O) groups is 1. The van der Waals surface area contributed by atoms with E-state index in [2.05, 4.69) is 5.32 Å². The Morgan fingerprint density at radius 1 is 1.53 bits per heavy atom. The summed E-state index contributed by atoms with van der Waals surface area (Å²) in [5.41, 5.74) is -0.763. The SMILES string of the molecule is CCC(CC)(NC1CCOC2(CCSC2)C1)C(=O)O. The van der Waals surface area contributed by atoms with Gasteiger partial charge in [0.25, 0.3) is 0 Å². The molecule has 2 fully saturated rings. The lowest BCUT2D eigenvalue weighted by Crippen LogP contribution is -2.58. The summed E-state index contributed by atoms with van der Waals surface area (Å²) in [4.78, 5) is 11.6. The van der Waals surface area contributed by atoms with E-state index in [1.165, 1.54) is 5.75 Å². The number of rotatable bonds is 5. The fourth-order valence-electron chi connectivity index (χ4n) is 3.22. The molecular weight excluding hydrogens is 262 g/mol. The molecule has 4 nitrogen and oxygen atoms in total. The van der Waals surface area contributed by atoms with Crippen molar-refractivity contribution in [1.29, 1.82) is 0 Å². The number of ether oxygens (including phenoxy) is 1. The van der Waals surface area contributed by atoms with Crippen LogP contribution in [0.15, 0.2) is 0 Å². The van der Waals surface area contributed by atoms with Gasteiger partial charge < -0.3 is 9.84 Å². The first-order chi connectivity index (χ1) is 9.06. The summed E-state index contributed by atoms with van der Waals surface area (Å²) >= 11 is 1.95. The number of hydrogen-bond acceptors (Lipinski definition) is 4. The van der Waals surface area contributed by atoms with Crippen molar-refractivity contribution in [2.24, 2.45) is 0 Å². The van der Waals surface area contributed by atoms with Crippen LogP contribution in [0.2, 0.25) is 0 Å². The Morgan fingerprint density at radius 3 is 2.79 bits per heavy atom. The number of thioether (sulfide) groups is 1. The molecule has 0 aromatic heterocycles. The monoisotopic (exact) mass is 287 g/mol. The molecule has 0 aromatic carbocycles. The lowest BCUT2D eigenvalue weighted by atomic mass is 9.86. The van der Waals surface area contributed by atoms with Gasteiger partial charge in [0.1, 0.15) is 5.54 Å². The molecule has 0 amide bonds. The van der Waals surface area contributed by atoms with Crippen LogP contribution in [0.4, 0.5) is 0 Å². The maximum absolute atomic E-state index is 11.6. The van der Waals surface area contributed by atoms with Crippen LogP contribution in [0.3, 0.4) is 0 Å². The zero-order chi connectivity index (χ0) is 13.9. The average Bonchev–Trinajstić information content (AvgIpc) is 2.84. The molecule has 0 saturated carbocycles. The van der Waals surface area contributed by atoms with Gasteiger partial charge in [0.2, 0.25) is 0 Å². The van der Waals surface area contributed by atoms with E-state index >= 15 is 0 Å². The molecule has 2 unspecified atom stereocenters. The smallest absolute Gasteiger partial charge is 0.323 e. The van der Waals surface area contributed by atoms with Gasteiger partial charge >= 0.3 is 5.97 Å². The molecule has 0 radical (unpaired) electrons. The maximum atomic E-state index is 11.6. The molecule has 2 saturated heterocycles. The number of aliphatic carboxylic acids is 1. The Labute approximate surface area is 119 Å². The van der Waals surface area contributed by atoms with Crippen molar-refractivity contribution in [3.05, 3.63) is 0 Å². The minimum Gasteiger partial charge on any atom is -0.480 e. The van der Waals surface area contributed by atoms with Crippen LogP contribution in [0, 0.1) is 0 Å². The topological polar surface area (TPSA) is 58.6 Å². The minimum atomic E-state index is -0.769. The molecule has 2 heterocycles. The second-order valence-electron chi connectivity index (χ2n) is 5.76. The van der Waals surface area contributed by atoms with Gasteiger partial charge in [-0.15, -0.1) is 0 Å². The molecule has 2 N–H and O–H groups in total. The largest absolute Gasteiger partial charge is 0.480 e. The van der Waals surface area contributed by atoms with E-state index in [0.717, 1.165) is 31.6 Å². The highest BCUT2D eigenvalue weighted by atomic mass is 32.2. The Morgan fingerprint density at radius 2 is 2.26 bits per heavy atom. The van der Waals surface area contributed by atoms with Gasteiger partial charge in [-0.1, -0.05) is 13.8 Å². The van der Waals surface area contributed by atoms with Crippen LogP contribution in [-0.2, 0) is 9.53 Å². The Balaban J connectivity index is 2.03. The van der Waals surface area contributed by atoms with Gasteiger partial charge in [-0.25, -0.2) is 0 Å². The van der Waals surface area contributed by atoms with Crippen molar-refractivity contribution in [1.82, 2.24) is 5.32 Å². The number of carboxylic acid groups (broad SMARTS) is 1. The third-order valence-electron chi connectivity index (χ3n) is 4.66. The molecule has 2 atom stereocenters. The second-order valence-corrected chi connectivity index (χ2v) is 6.87. The van der Waals surface area contributed by atoms with Crippen LogP contribution >= 0.6 is 11.8 Å². The van der Waals surface area contributed by atoms with Crippen molar-refractivity contribution in [3.63, 3.8) is 0 Å². The van der Waals surface area contributed by atoms with E-state index in [4.69, 9.17) is 4.74 Å². The molecule has 1 spiro atoms. The summed E-state index contributed by atoms with van der Waals surface area (Å²) in [6.45, 7) is 4.65. The molecule has 5 heteroatoms. The molecule has 0 aromatic rings. The van der Waals surface area contributed by atoms with Crippen LogP contribution in [0.1, 0.15) is 46.0 Å². The summed E-state index contributed by atoms with van der Waals surface area (Å²) in [6, 6.07) is 0.267. The van der Waals surface area contributed by atoms with Crippen molar-refractivity contribution >= 4 is 17.7 Å². The van der Waals surface area contributed by atoms with Gasteiger partial charge in [0, 0.05) is 18.4 Å². The van der Waals surface area contributed by atoms with Gasteiger partial charge in [0.05, 0.1) is 5.60 Å². The van der Waals surface area contributed by atoms with Crippen molar-refractivity contribution in [2.75, 3.05) is 18.1 Å². The summed E-state index contributed by atoms with van der Waals surface area (Å²) in [7, 11) is 0. The molecule has 2 aliphatic heterocycles. The highest BCUT2D eigenvalue weighted by molar-refractivity contribution is 7.99. The number of carboxylic acids is 1. The molecule has 2 aliphatic rings. The Bertz CT molecular complexity index is 325. The quantitative estimate of drug-likeness (QED) is 0.812. The molecule has 0 bridgehead atoms. The first-order valence-corrected chi connectivity index (χ1v) is 8.44. The van der Waals surface area contributed by atoms with Crippen LogP contribution in [0.5, 0.6) is 0 Å². The predicted octanol–water partition coefficient (Wildman–Crippen LogP) is 2.27. The van der Waals surface area contributed by atoms with E-state index < -0.39 is 11.5 Å². The van der Waals surface area contributed by atoms with Crippen molar-refractivity contribution < 1.29 is 14.6 Å². The van der Waals surface area contributed by atoms with E-state index in [-0.39, 0.29) is 11.6 Å². The Kier molecular flexibility index (Phi) is 4.79. The second kappa shape index (κ2) is 6.02. The normalized spacial score (nSPS) is 31.8. The van der Waals surface area contributed by atoms with Gasteiger partial charge in [-0.3, -0.25) is 10.1 Å². The van der Waals surface area contributed by atoms with Gasteiger partial charge in [-0.05, 0) is 37.9 Å². The van der Waals surface area contributed by atoms with Crippen LogP contribution in [-0.4, -0.2) is 46.4 Å². The van der Waals surface area contributed by atoms with Gasteiger partial charge in [0.15, 0.2) is 0 Å². The van der Waals surface area contributed by atoms with Crippen molar-refractivity contribution in [2.45, 2.75) is 63.1 Å². The first kappa shape index (κ1) is 15.1. The molecule has 2 rings (SSSR count).